The number of benzene rings is 2. The van der Waals surface area contributed by atoms with Crippen LogP contribution in [0.5, 0.6) is 5.75 Å². The zero-order chi connectivity index (χ0) is 17.6. The summed E-state index contributed by atoms with van der Waals surface area (Å²) in [6.45, 7) is 6.31. The summed E-state index contributed by atoms with van der Waals surface area (Å²) in [7, 11) is 1.73. The molecule has 2 aromatic carbocycles. The Morgan fingerprint density at radius 2 is 1.92 bits per heavy atom. The number of methoxy groups -OCH3 is 1. The summed E-state index contributed by atoms with van der Waals surface area (Å²) in [5.41, 5.74) is 4.61. The smallest absolute Gasteiger partial charge is 0.169 e. The van der Waals surface area contributed by atoms with E-state index in [4.69, 9.17) is 14.5 Å². The molecule has 0 N–H and O–H groups in total. The number of aryl methyl sites for hydroxylation is 2. The van der Waals surface area contributed by atoms with E-state index in [0.717, 1.165) is 34.2 Å². The molecule has 0 fully saturated rings. The number of hydrogen-bond donors (Lipinski definition) is 0. The van der Waals surface area contributed by atoms with Crippen LogP contribution in [-0.2, 0) is 11.3 Å². The Kier molecular flexibility index (Phi) is 6.00. The van der Waals surface area contributed by atoms with Gasteiger partial charge in [0.1, 0.15) is 5.75 Å². The van der Waals surface area contributed by atoms with E-state index in [1.165, 1.54) is 11.1 Å². The second-order valence-corrected chi connectivity index (χ2v) is 7.06. The monoisotopic (exact) mass is 356 g/mol. The predicted octanol–water partition coefficient (Wildman–Crippen LogP) is 4.47. The maximum absolute atomic E-state index is 5.93. The van der Waals surface area contributed by atoms with Crippen LogP contribution in [0, 0.1) is 13.8 Å². The lowest BCUT2D eigenvalue weighted by atomic mass is 10.1. The van der Waals surface area contributed by atoms with Gasteiger partial charge in [0.2, 0.25) is 0 Å². The fourth-order valence-electron chi connectivity index (χ4n) is 2.81. The van der Waals surface area contributed by atoms with E-state index in [0.29, 0.717) is 13.2 Å². The van der Waals surface area contributed by atoms with Crippen molar-refractivity contribution in [3.8, 4) is 5.75 Å². The lowest BCUT2D eigenvalue weighted by Crippen LogP contribution is -2.07. The van der Waals surface area contributed by atoms with Gasteiger partial charge < -0.3 is 14.0 Å². The molecule has 0 aliphatic rings. The van der Waals surface area contributed by atoms with Crippen LogP contribution in [0.3, 0.4) is 0 Å². The maximum Gasteiger partial charge on any atom is 0.169 e. The van der Waals surface area contributed by atoms with Crippen LogP contribution >= 0.6 is 11.8 Å². The summed E-state index contributed by atoms with van der Waals surface area (Å²) < 4.78 is 13.4. The second-order valence-electron chi connectivity index (χ2n) is 5.99. The van der Waals surface area contributed by atoms with E-state index in [9.17, 15) is 0 Å². The standard InChI is InChI=1S/C20H24N2O2S/c1-15-8-9-19(16(2)14-15)24-12-13-25-20-21-17-6-4-5-7-18(17)22(20)10-11-23-3/h4-9,14H,10-13H2,1-3H3. The Labute approximate surface area is 153 Å². The highest BCUT2D eigenvalue weighted by Gasteiger charge is 2.10. The van der Waals surface area contributed by atoms with Gasteiger partial charge in [0.05, 0.1) is 24.2 Å². The van der Waals surface area contributed by atoms with Gasteiger partial charge in [0.25, 0.3) is 0 Å². The van der Waals surface area contributed by atoms with Gasteiger partial charge in [-0.1, -0.05) is 41.6 Å². The third-order valence-corrected chi connectivity index (χ3v) is 4.98. The normalized spacial score (nSPS) is 11.2. The number of para-hydroxylation sites is 2. The molecule has 0 unspecified atom stereocenters. The highest BCUT2D eigenvalue weighted by molar-refractivity contribution is 7.99. The summed E-state index contributed by atoms with van der Waals surface area (Å²) in [6.07, 6.45) is 0. The lowest BCUT2D eigenvalue weighted by molar-refractivity contribution is 0.186. The van der Waals surface area contributed by atoms with Crippen LogP contribution in [0.1, 0.15) is 11.1 Å². The predicted molar refractivity (Wildman–Crippen MR) is 104 cm³/mol. The van der Waals surface area contributed by atoms with E-state index in [1.807, 2.05) is 18.2 Å². The van der Waals surface area contributed by atoms with Gasteiger partial charge in [-0.05, 0) is 37.6 Å². The first-order valence-electron chi connectivity index (χ1n) is 8.46. The molecule has 5 heteroatoms. The maximum atomic E-state index is 5.93. The zero-order valence-corrected chi connectivity index (χ0v) is 15.8. The van der Waals surface area contributed by atoms with Crippen molar-refractivity contribution in [3.63, 3.8) is 0 Å². The van der Waals surface area contributed by atoms with Gasteiger partial charge in [0.15, 0.2) is 5.16 Å². The van der Waals surface area contributed by atoms with E-state index in [1.54, 1.807) is 18.9 Å². The average Bonchev–Trinajstić information content (AvgIpc) is 2.96. The molecule has 0 spiro atoms. The number of ether oxygens (including phenoxy) is 2. The number of thioether (sulfide) groups is 1. The molecule has 1 aromatic heterocycles. The van der Waals surface area contributed by atoms with Crippen molar-refractivity contribution in [2.75, 3.05) is 26.1 Å². The van der Waals surface area contributed by atoms with Crippen LogP contribution in [0.4, 0.5) is 0 Å². The summed E-state index contributed by atoms with van der Waals surface area (Å²) in [4.78, 5) is 4.75. The van der Waals surface area contributed by atoms with Crippen molar-refractivity contribution in [1.82, 2.24) is 9.55 Å². The number of nitrogens with zero attached hydrogens (tertiary/aromatic N) is 2. The van der Waals surface area contributed by atoms with Gasteiger partial charge in [-0.15, -0.1) is 0 Å². The number of rotatable bonds is 8. The molecule has 4 nitrogen and oxygen atoms in total. The molecule has 0 aliphatic heterocycles. The van der Waals surface area contributed by atoms with Crippen LogP contribution in [0.2, 0.25) is 0 Å². The van der Waals surface area contributed by atoms with Crippen molar-refractivity contribution < 1.29 is 9.47 Å². The Morgan fingerprint density at radius 1 is 1.08 bits per heavy atom. The molecule has 0 atom stereocenters. The summed E-state index contributed by atoms with van der Waals surface area (Å²) in [6, 6.07) is 14.5. The average molecular weight is 356 g/mol. The molecule has 0 amide bonds. The van der Waals surface area contributed by atoms with Gasteiger partial charge in [0, 0.05) is 19.4 Å². The third kappa shape index (κ3) is 4.35. The molecule has 0 bridgehead atoms. The first-order valence-corrected chi connectivity index (χ1v) is 9.44. The summed E-state index contributed by atoms with van der Waals surface area (Å²) in [5.74, 6) is 1.81. The molecule has 1 heterocycles. The molecule has 0 saturated carbocycles. The molecular formula is C20H24N2O2S. The SMILES string of the molecule is COCCn1c(SCCOc2ccc(C)cc2C)nc2ccccc21. The third-order valence-electron chi connectivity index (χ3n) is 4.04. The highest BCUT2D eigenvalue weighted by atomic mass is 32.2. The minimum atomic E-state index is 0.655. The first kappa shape index (κ1) is 17.8. The molecule has 0 saturated heterocycles. The Hall–Kier alpha value is -1.98. The van der Waals surface area contributed by atoms with E-state index in [-0.39, 0.29) is 0 Å². The summed E-state index contributed by atoms with van der Waals surface area (Å²) >= 11 is 1.72. The van der Waals surface area contributed by atoms with Gasteiger partial charge in [-0.3, -0.25) is 0 Å². The van der Waals surface area contributed by atoms with Crippen LogP contribution in [0.25, 0.3) is 11.0 Å². The van der Waals surface area contributed by atoms with E-state index in [2.05, 4.69) is 42.7 Å². The molecule has 0 aliphatic carbocycles. The summed E-state index contributed by atoms with van der Waals surface area (Å²) in [5, 5.41) is 1.02. The molecular weight excluding hydrogens is 332 g/mol. The minimum absolute atomic E-state index is 0.655. The zero-order valence-electron chi connectivity index (χ0n) is 15.0. The molecule has 0 radical (unpaired) electrons. The number of hydrogen-bond acceptors (Lipinski definition) is 4. The van der Waals surface area contributed by atoms with E-state index >= 15 is 0 Å². The van der Waals surface area contributed by atoms with Gasteiger partial charge in [-0.25, -0.2) is 4.98 Å². The second kappa shape index (κ2) is 8.41. The Morgan fingerprint density at radius 3 is 2.72 bits per heavy atom. The van der Waals surface area contributed by atoms with Gasteiger partial charge in [-0.2, -0.15) is 0 Å². The number of imidazole rings is 1. The number of aromatic nitrogens is 2. The van der Waals surface area contributed by atoms with Crippen LogP contribution in [0.15, 0.2) is 47.6 Å². The van der Waals surface area contributed by atoms with Gasteiger partial charge >= 0.3 is 0 Å². The van der Waals surface area contributed by atoms with E-state index < -0.39 is 0 Å². The van der Waals surface area contributed by atoms with Crippen LogP contribution < -0.4 is 4.74 Å². The van der Waals surface area contributed by atoms with Crippen LogP contribution in [-0.4, -0.2) is 35.6 Å². The fraction of sp³-hybridized carbons (Fsp3) is 0.350. The quantitative estimate of drug-likeness (QED) is 0.441. The minimum Gasteiger partial charge on any atom is -0.492 e. The van der Waals surface area contributed by atoms with Crippen molar-refractivity contribution in [1.29, 1.82) is 0 Å². The van der Waals surface area contributed by atoms with Crippen molar-refractivity contribution in [2.24, 2.45) is 0 Å². The fourth-order valence-corrected chi connectivity index (χ4v) is 3.67. The Balaban J connectivity index is 1.64. The van der Waals surface area contributed by atoms with Crippen molar-refractivity contribution >= 4 is 22.8 Å². The first-order chi connectivity index (χ1) is 12.2. The Bertz CT molecular complexity index is 845. The van der Waals surface area contributed by atoms with Crippen molar-refractivity contribution in [3.05, 3.63) is 53.6 Å². The largest absolute Gasteiger partial charge is 0.492 e. The molecule has 3 rings (SSSR count). The number of fused-ring (bicyclic) bond motifs is 1. The molecule has 3 aromatic rings. The molecule has 25 heavy (non-hydrogen) atoms. The topological polar surface area (TPSA) is 36.3 Å². The lowest BCUT2D eigenvalue weighted by Gasteiger charge is -2.10. The highest BCUT2D eigenvalue weighted by Crippen LogP contribution is 2.25. The molecule has 132 valence electrons. The van der Waals surface area contributed by atoms with Crippen molar-refractivity contribution in [2.45, 2.75) is 25.5 Å².